The van der Waals surface area contributed by atoms with E-state index in [2.05, 4.69) is 35.0 Å². The molecule has 0 atom stereocenters. The van der Waals surface area contributed by atoms with Crippen LogP contribution in [-0.2, 0) is 17.6 Å². The van der Waals surface area contributed by atoms with Crippen molar-refractivity contribution in [2.24, 2.45) is 0 Å². The number of hydrogen-bond donors (Lipinski definition) is 1. The molecule has 1 aromatic carbocycles. The molecular formula is C16H18N2O2S. The first-order chi connectivity index (χ1) is 10.1. The molecule has 5 heteroatoms. The fourth-order valence-electron chi connectivity index (χ4n) is 2.69. The number of nitrogens with zero attached hydrogens (tertiary/aromatic N) is 2. The van der Waals surface area contributed by atoms with Gasteiger partial charge in [0.2, 0.25) is 0 Å². The molecule has 0 spiro atoms. The molecule has 3 rings (SSSR count). The number of anilines is 2. The molecule has 0 amide bonds. The minimum absolute atomic E-state index is 0.138. The maximum Gasteiger partial charge on any atom is 0.303 e. The van der Waals surface area contributed by atoms with E-state index >= 15 is 0 Å². The van der Waals surface area contributed by atoms with E-state index in [0.717, 1.165) is 30.2 Å². The molecule has 1 aliphatic rings. The van der Waals surface area contributed by atoms with Gasteiger partial charge in [0.25, 0.3) is 0 Å². The molecule has 0 unspecified atom stereocenters. The third kappa shape index (κ3) is 3.08. The zero-order valence-electron chi connectivity index (χ0n) is 12.0. The predicted octanol–water partition coefficient (Wildman–Crippen LogP) is 3.55. The Morgan fingerprint density at radius 3 is 3.14 bits per heavy atom. The van der Waals surface area contributed by atoms with E-state index in [1.54, 1.807) is 11.3 Å². The van der Waals surface area contributed by atoms with Crippen LogP contribution in [0.5, 0.6) is 0 Å². The van der Waals surface area contributed by atoms with E-state index in [9.17, 15) is 4.79 Å². The number of benzene rings is 1. The van der Waals surface area contributed by atoms with Crippen molar-refractivity contribution in [1.82, 2.24) is 4.98 Å². The molecule has 0 bridgehead atoms. The monoisotopic (exact) mass is 302 g/mol. The summed E-state index contributed by atoms with van der Waals surface area (Å²) in [5.41, 5.74) is 4.78. The van der Waals surface area contributed by atoms with Gasteiger partial charge < -0.3 is 10.0 Å². The van der Waals surface area contributed by atoms with Crippen LogP contribution in [0.2, 0.25) is 0 Å². The van der Waals surface area contributed by atoms with E-state index in [0.29, 0.717) is 6.42 Å². The molecule has 1 aromatic heterocycles. The van der Waals surface area contributed by atoms with Gasteiger partial charge in [-0.3, -0.25) is 4.79 Å². The first kappa shape index (κ1) is 14.1. The van der Waals surface area contributed by atoms with Gasteiger partial charge in [-0.1, -0.05) is 17.7 Å². The summed E-state index contributed by atoms with van der Waals surface area (Å²) < 4.78 is 0. The standard InChI is InChI=1S/C16H18N2O2S/c1-11-4-6-14-12(9-11)3-2-8-18(14)16-17-13(10-21-16)5-7-15(19)20/h4,6,9-10H,2-3,5,7-8H2,1H3,(H,19,20). The van der Waals surface area contributed by atoms with Crippen LogP contribution in [0, 0.1) is 6.92 Å². The fourth-order valence-corrected chi connectivity index (χ4v) is 3.59. The number of aryl methyl sites for hydroxylation is 3. The second-order valence-electron chi connectivity index (χ2n) is 5.40. The maximum absolute atomic E-state index is 10.6. The molecule has 2 aromatic rings. The van der Waals surface area contributed by atoms with Crippen LogP contribution in [0.4, 0.5) is 10.8 Å². The highest BCUT2D eigenvalue weighted by atomic mass is 32.1. The first-order valence-corrected chi connectivity index (χ1v) is 8.05. The summed E-state index contributed by atoms with van der Waals surface area (Å²) in [5.74, 6) is -0.775. The number of aliphatic carboxylic acids is 1. The molecule has 0 aliphatic carbocycles. The second kappa shape index (κ2) is 5.85. The van der Waals surface area contributed by atoms with Gasteiger partial charge in [0.1, 0.15) is 0 Å². The lowest BCUT2D eigenvalue weighted by Crippen LogP contribution is -2.24. The van der Waals surface area contributed by atoms with Crippen molar-refractivity contribution in [3.8, 4) is 0 Å². The van der Waals surface area contributed by atoms with Gasteiger partial charge in [-0.05, 0) is 31.4 Å². The van der Waals surface area contributed by atoms with Crippen LogP contribution < -0.4 is 4.90 Å². The number of carbonyl (C=O) groups is 1. The third-order valence-corrected chi connectivity index (χ3v) is 4.63. The lowest BCUT2D eigenvalue weighted by atomic mass is 10.00. The maximum atomic E-state index is 10.6. The molecule has 0 radical (unpaired) electrons. The van der Waals surface area contributed by atoms with Crippen molar-refractivity contribution in [1.29, 1.82) is 0 Å². The SMILES string of the molecule is Cc1ccc2c(c1)CCCN2c1nc(CCC(=O)O)cs1. The van der Waals surface area contributed by atoms with Gasteiger partial charge in [-0.25, -0.2) is 4.98 Å². The number of carboxylic acids is 1. The minimum atomic E-state index is -0.775. The molecule has 4 nitrogen and oxygen atoms in total. The topological polar surface area (TPSA) is 53.4 Å². The molecule has 1 N–H and O–H groups in total. The summed E-state index contributed by atoms with van der Waals surface area (Å²) in [6.07, 6.45) is 2.88. The lowest BCUT2D eigenvalue weighted by molar-refractivity contribution is -0.136. The van der Waals surface area contributed by atoms with Crippen LogP contribution in [0.15, 0.2) is 23.6 Å². The molecule has 21 heavy (non-hydrogen) atoms. The third-order valence-electron chi connectivity index (χ3n) is 3.72. The quantitative estimate of drug-likeness (QED) is 0.938. The molecule has 2 heterocycles. The van der Waals surface area contributed by atoms with E-state index in [4.69, 9.17) is 5.11 Å². The van der Waals surface area contributed by atoms with Gasteiger partial charge in [0, 0.05) is 24.0 Å². The summed E-state index contributed by atoms with van der Waals surface area (Å²) in [7, 11) is 0. The van der Waals surface area contributed by atoms with Crippen LogP contribution in [0.1, 0.15) is 29.7 Å². The molecule has 0 saturated carbocycles. The van der Waals surface area contributed by atoms with Gasteiger partial charge >= 0.3 is 5.97 Å². The normalized spacial score (nSPS) is 14.0. The highest BCUT2D eigenvalue weighted by Crippen LogP contribution is 2.35. The Labute approximate surface area is 128 Å². The zero-order chi connectivity index (χ0) is 14.8. The zero-order valence-corrected chi connectivity index (χ0v) is 12.8. The van der Waals surface area contributed by atoms with E-state index in [-0.39, 0.29) is 6.42 Å². The van der Waals surface area contributed by atoms with Gasteiger partial charge in [0.15, 0.2) is 5.13 Å². The Morgan fingerprint density at radius 2 is 2.33 bits per heavy atom. The Hall–Kier alpha value is -1.88. The minimum Gasteiger partial charge on any atom is -0.481 e. The fraction of sp³-hybridized carbons (Fsp3) is 0.375. The Balaban J connectivity index is 1.84. The smallest absolute Gasteiger partial charge is 0.303 e. The van der Waals surface area contributed by atoms with E-state index < -0.39 is 5.97 Å². The highest BCUT2D eigenvalue weighted by Gasteiger charge is 2.20. The van der Waals surface area contributed by atoms with Crippen molar-refractivity contribution in [3.05, 3.63) is 40.4 Å². The number of rotatable bonds is 4. The molecular weight excluding hydrogens is 284 g/mol. The van der Waals surface area contributed by atoms with Gasteiger partial charge in [0.05, 0.1) is 12.1 Å². The average Bonchev–Trinajstić information content (AvgIpc) is 2.93. The van der Waals surface area contributed by atoms with Gasteiger partial charge in [-0.15, -0.1) is 11.3 Å². The van der Waals surface area contributed by atoms with Crippen LogP contribution in [-0.4, -0.2) is 22.6 Å². The Kier molecular flexibility index (Phi) is 3.92. The largest absolute Gasteiger partial charge is 0.481 e. The summed E-state index contributed by atoms with van der Waals surface area (Å²) in [4.78, 5) is 17.5. The molecule has 110 valence electrons. The predicted molar refractivity (Wildman–Crippen MR) is 84.6 cm³/mol. The second-order valence-corrected chi connectivity index (χ2v) is 6.24. The van der Waals surface area contributed by atoms with Crippen molar-refractivity contribution in [2.45, 2.75) is 32.6 Å². The Bertz CT molecular complexity index is 666. The highest BCUT2D eigenvalue weighted by molar-refractivity contribution is 7.13. The first-order valence-electron chi connectivity index (χ1n) is 7.17. The van der Waals surface area contributed by atoms with Crippen molar-refractivity contribution in [2.75, 3.05) is 11.4 Å². The lowest BCUT2D eigenvalue weighted by Gasteiger charge is -2.29. The summed E-state index contributed by atoms with van der Waals surface area (Å²) in [6, 6.07) is 6.55. The van der Waals surface area contributed by atoms with Crippen LogP contribution in [0.3, 0.4) is 0 Å². The summed E-state index contributed by atoms with van der Waals surface area (Å²) >= 11 is 1.60. The van der Waals surface area contributed by atoms with E-state index in [1.807, 2.05) is 5.38 Å². The van der Waals surface area contributed by atoms with Crippen molar-refractivity contribution >= 4 is 28.1 Å². The number of carboxylic acid groups (broad SMARTS) is 1. The van der Waals surface area contributed by atoms with Crippen molar-refractivity contribution in [3.63, 3.8) is 0 Å². The van der Waals surface area contributed by atoms with Crippen LogP contribution in [0.25, 0.3) is 0 Å². The van der Waals surface area contributed by atoms with Crippen LogP contribution >= 0.6 is 11.3 Å². The molecule has 0 saturated heterocycles. The van der Waals surface area contributed by atoms with Crippen molar-refractivity contribution < 1.29 is 9.90 Å². The summed E-state index contributed by atoms with van der Waals surface area (Å²) in [5, 5.41) is 11.7. The van der Waals surface area contributed by atoms with Gasteiger partial charge in [-0.2, -0.15) is 0 Å². The number of hydrogen-bond acceptors (Lipinski definition) is 4. The molecule has 0 fully saturated rings. The average molecular weight is 302 g/mol. The number of aromatic nitrogens is 1. The van der Waals surface area contributed by atoms with E-state index in [1.165, 1.54) is 16.8 Å². The molecule has 1 aliphatic heterocycles. The number of fused-ring (bicyclic) bond motifs is 1. The Morgan fingerprint density at radius 1 is 1.48 bits per heavy atom. The number of thiazole rings is 1. The summed E-state index contributed by atoms with van der Waals surface area (Å²) in [6.45, 7) is 3.09.